The summed E-state index contributed by atoms with van der Waals surface area (Å²) in [7, 11) is 2.03. The Morgan fingerprint density at radius 3 is 2.84 bits per heavy atom. The van der Waals surface area contributed by atoms with Crippen molar-refractivity contribution < 1.29 is 13.2 Å². The van der Waals surface area contributed by atoms with E-state index in [0.717, 1.165) is 30.3 Å². The van der Waals surface area contributed by atoms with Crippen LogP contribution in [0.15, 0.2) is 36.7 Å². The van der Waals surface area contributed by atoms with Crippen molar-refractivity contribution >= 4 is 22.5 Å². The third-order valence-corrected chi connectivity index (χ3v) is 4.52. The van der Waals surface area contributed by atoms with Crippen molar-refractivity contribution in [2.24, 2.45) is 0 Å². The van der Waals surface area contributed by atoms with Gasteiger partial charge in [-0.05, 0) is 24.1 Å². The van der Waals surface area contributed by atoms with Crippen LogP contribution in [0.25, 0.3) is 11.0 Å². The van der Waals surface area contributed by atoms with Gasteiger partial charge in [0.15, 0.2) is 0 Å². The zero-order valence-electron chi connectivity index (χ0n) is 13.4. The first-order chi connectivity index (χ1) is 11.9. The van der Waals surface area contributed by atoms with Gasteiger partial charge in [-0.1, -0.05) is 18.2 Å². The number of anilines is 2. The van der Waals surface area contributed by atoms with Gasteiger partial charge in [0, 0.05) is 19.3 Å². The number of H-pyrrole nitrogens is 1. The van der Waals surface area contributed by atoms with Crippen molar-refractivity contribution in [1.82, 2.24) is 15.0 Å². The van der Waals surface area contributed by atoms with E-state index in [1.807, 2.05) is 31.3 Å². The average Bonchev–Trinajstić information content (AvgIpc) is 3.03. The quantitative estimate of drug-likeness (QED) is 0.736. The second kappa shape index (κ2) is 5.65. The smallest absolute Gasteiger partial charge is 0.374 e. The zero-order chi connectivity index (χ0) is 17.6. The van der Waals surface area contributed by atoms with Crippen LogP contribution in [0.2, 0.25) is 0 Å². The van der Waals surface area contributed by atoms with Crippen LogP contribution in [-0.4, -0.2) is 28.5 Å². The number of hydrogen-bond acceptors (Lipinski definition) is 4. The normalized spacial score (nSPS) is 17.6. The van der Waals surface area contributed by atoms with E-state index in [2.05, 4.69) is 25.2 Å². The minimum Gasteiger partial charge on any atom is -0.374 e. The summed E-state index contributed by atoms with van der Waals surface area (Å²) in [5.74, 6) is 0.404. The Morgan fingerprint density at radius 1 is 1.24 bits per heavy atom. The third kappa shape index (κ3) is 2.77. The molecule has 4 rings (SSSR count). The Bertz CT molecular complexity index is 918. The van der Waals surface area contributed by atoms with Gasteiger partial charge in [0.1, 0.15) is 23.5 Å². The monoisotopic (exact) mass is 347 g/mol. The number of nitrogens with zero attached hydrogens (tertiary/aromatic N) is 3. The minimum absolute atomic E-state index is 0.0188. The molecule has 0 amide bonds. The largest absolute Gasteiger partial charge is 0.431 e. The minimum atomic E-state index is -4.45. The maximum atomic E-state index is 13.0. The van der Waals surface area contributed by atoms with Crippen LogP contribution >= 0.6 is 0 Å². The summed E-state index contributed by atoms with van der Waals surface area (Å²) in [6.07, 6.45) is -2.35. The fraction of sp³-hybridized carbons (Fsp3) is 0.294. The molecule has 0 spiro atoms. The zero-order valence-corrected chi connectivity index (χ0v) is 13.4. The highest BCUT2D eigenvalue weighted by molar-refractivity contribution is 5.88. The van der Waals surface area contributed by atoms with E-state index in [4.69, 9.17) is 0 Å². The van der Waals surface area contributed by atoms with Crippen LogP contribution in [-0.2, 0) is 6.18 Å². The first-order valence-electron chi connectivity index (χ1n) is 7.91. The summed E-state index contributed by atoms with van der Waals surface area (Å²) in [4.78, 5) is 12.6. The third-order valence-electron chi connectivity index (χ3n) is 4.52. The van der Waals surface area contributed by atoms with Crippen molar-refractivity contribution in [2.75, 3.05) is 23.8 Å². The first kappa shape index (κ1) is 15.7. The molecule has 130 valence electrons. The van der Waals surface area contributed by atoms with Crippen LogP contribution in [0.4, 0.5) is 24.7 Å². The molecular weight excluding hydrogens is 331 g/mol. The summed E-state index contributed by atoms with van der Waals surface area (Å²) < 4.78 is 38.9. The van der Waals surface area contributed by atoms with Gasteiger partial charge in [0.25, 0.3) is 0 Å². The summed E-state index contributed by atoms with van der Waals surface area (Å²) in [6.45, 7) is 0.851. The average molecular weight is 347 g/mol. The van der Waals surface area contributed by atoms with Crippen molar-refractivity contribution in [3.63, 3.8) is 0 Å². The Balaban J connectivity index is 1.72. The summed E-state index contributed by atoms with van der Waals surface area (Å²) in [5.41, 5.74) is 1.57. The summed E-state index contributed by atoms with van der Waals surface area (Å²) in [6, 6.07) is 9.03. The SMILES string of the molecule is CN1CC[C@H](Nc2ncnc3[nH]c(C(F)(F)F)cc23)c2ccccc21. The van der Waals surface area contributed by atoms with Crippen LogP contribution in [0.3, 0.4) is 0 Å². The highest BCUT2D eigenvalue weighted by Crippen LogP contribution is 2.37. The number of aromatic amines is 1. The highest BCUT2D eigenvalue weighted by Gasteiger charge is 2.33. The molecule has 1 aliphatic heterocycles. The van der Waals surface area contributed by atoms with Gasteiger partial charge >= 0.3 is 6.18 Å². The van der Waals surface area contributed by atoms with Crippen LogP contribution in [0.1, 0.15) is 23.7 Å². The van der Waals surface area contributed by atoms with E-state index >= 15 is 0 Å². The Hall–Kier alpha value is -2.77. The molecule has 1 aliphatic rings. The number of para-hydroxylation sites is 1. The number of benzene rings is 1. The molecular formula is C17H16F3N5. The van der Waals surface area contributed by atoms with Crippen LogP contribution < -0.4 is 10.2 Å². The first-order valence-corrected chi connectivity index (χ1v) is 7.91. The Labute approximate surface area is 141 Å². The Morgan fingerprint density at radius 2 is 2.04 bits per heavy atom. The lowest BCUT2D eigenvalue weighted by molar-refractivity contribution is -0.140. The molecule has 2 aromatic heterocycles. The molecule has 5 nitrogen and oxygen atoms in total. The van der Waals surface area contributed by atoms with Gasteiger partial charge in [-0.2, -0.15) is 13.2 Å². The van der Waals surface area contributed by atoms with Gasteiger partial charge in [-0.25, -0.2) is 9.97 Å². The maximum absolute atomic E-state index is 13.0. The second-order valence-electron chi connectivity index (χ2n) is 6.13. The lowest BCUT2D eigenvalue weighted by atomic mass is 9.96. The van der Waals surface area contributed by atoms with Crippen molar-refractivity contribution in [3.8, 4) is 0 Å². The number of aromatic nitrogens is 3. The molecule has 1 atom stereocenters. The van der Waals surface area contributed by atoms with Crippen LogP contribution in [0, 0.1) is 0 Å². The number of alkyl halides is 3. The van der Waals surface area contributed by atoms with Gasteiger partial charge in [0.05, 0.1) is 11.4 Å². The van der Waals surface area contributed by atoms with Gasteiger partial charge in [0.2, 0.25) is 0 Å². The van der Waals surface area contributed by atoms with E-state index in [1.165, 1.54) is 6.33 Å². The summed E-state index contributed by atoms with van der Waals surface area (Å²) in [5, 5.41) is 3.64. The molecule has 1 aromatic carbocycles. The number of hydrogen-bond donors (Lipinski definition) is 2. The predicted molar refractivity (Wildman–Crippen MR) is 89.6 cm³/mol. The number of fused-ring (bicyclic) bond motifs is 2. The topological polar surface area (TPSA) is 56.8 Å². The van der Waals surface area contributed by atoms with Crippen molar-refractivity contribution in [1.29, 1.82) is 0 Å². The molecule has 0 unspecified atom stereocenters. The number of halogens is 3. The number of rotatable bonds is 2. The lowest BCUT2D eigenvalue weighted by Crippen LogP contribution is -2.30. The summed E-state index contributed by atoms with van der Waals surface area (Å²) >= 11 is 0. The van der Waals surface area contributed by atoms with E-state index in [9.17, 15) is 13.2 Å². The molecule has 3 heterocycles. The molecule has 0 saturated carbocycles. The fourth-order valence-corrected chi connectivity index (χ4v) is 3.25. The maximum Gasteiger partial charge on any atom is 0.431 e. The van der Waals surface area contributed by atoms with Crippen molar-refractivity contribution in [2.45, 2.75) is 18.6 Å². The van der Waals surface area contributed by atoms with E-state index < -0.39 is 11.9 Å². The molecule has 8 heteroatoms. The van der Waals surface area contributed by atoms with Crippen molar-refractivity contribution in [3.05, 3.63) is 47.9 Å². The molecule has 25 heavy (non-hydrogen) atoms. The van der Waals surface area contributed by atoms with E-state index in [-0.39, 0.29) is 11.7 Å². The van der Waals surface area contributed by atoms with E-state index in [0.29, 0.717) is 11.2 Å². The fourth-order valence-electron chi connectivity index (χ4n) is 3.25. The molecule has 0 aliphatic carbocycles. The lowest BCUT2D eigenvalue weighted by Gasteiger charge is -2.33. The molecule has 0 saturated heterocycles. The van der Waals surface area contributed by atoms with Crippen LogP contribution in [0.5, 0.6) is 0 Å². The Kier molecular flexibility index (Phi) is 3.55. The van der Waals surface area contributed by atoms with E-state index in [1.54, 1.807) is 0 Å². The molecule has 0 bridgehead atoms. The molecule has 2 N–H and O–H groups in total. The second-order valence-corrected chi connectivity index (χ2v) is 6.13. The molecule has 0 radical (unpaired) electrons. The van der Waals surface area contributed by atoms with Gasteiger partial charge < -0.3 is 15.2 Å². The number of nitrogens with one attached hydrogen (secondary N) is 2. The van der Waals surface area contributed by atoms with Gasteiger partial charge in [-0.15, -0.1) is 0 Å². The van der Waals surface area contributed by atoms with Gasteiger partial charge in [-0.3, -0.25) is 0 Å². The molecule has 3 aromatic rings. The highest BCUT2D eigenvalue weighted by atomic mass is 19.4. The molecule has 0 fully saturated rings. The standard InChI is InChI=1S/C17H16F3N5/c1-25-7-6-12(10-4-2-3-5-13(10)25)23-15-11-8-14(17(18,19)20)24-16(11)22-9-21-15/h2-5,8-9,12H,6-7H2,1H3,(H2,21,22,23,24)/t12-/m0/s1. The predicted octanol–water partition coefficient (Wildman–Crippen LogP) is 3.97.